The van der Waals surface area contributed by atoms with Crippen molar-refractivity contribution < 1.29 is 4.79 Å². The standard InChI is InChI=1S/C13H12N2OS/c16-12(15-13-14-6-7-17-13)11-8-10(11)9-4-2-1-3-5-9/h1-7,10-11H,8H2,(H,14,15,16). The zero-order valence-corrected chi connectivity index (χ0v) is 9.98. The summed E-state index contributed by atoms with van der Waals surface area (Å²) in [7, 11) is 0. The summed E-state index contributed by atoms with van der Waals surface area (Å²) in [6.07, 6.45) is 2.64. The lowest BCUT2D eigenvalue weighted by Crippen LogP contribution is -2.14. The average molecular weight is 244 g/mol. The fourth-order valence-corrected chi connectivity index (χ4v) is 2.57. The van der Waals surface area contributed by atoms with Crippen molar-refractivity contribution in [3.63, 3.8) is 0 Å². The monoisotopic (exact) mass is 244 g/mol. The minimum Gasteiger partial charge on any atom is -0.302 e. The van der Waals surface area contributed by atoms with Crippen LogP contribution >= 0.6 is 11.3 Å². The van der Waals surface area contributed by atoms with Gasteiger partial charge in [0.25, 0.3) is 0 Å². The van der Waals surface area contributed by atoms with Crippen LogP contribution in [-0.4, -0.2) is 10.9 Å². The number of hydrogen-bond donors (Lipinski definition) is 1. The van der Waals surface area contributed by atoms with E-state index < -0.39 is 0 Å². The zero-order chi connectivity index (χ0) is 11.7. The smallest absolute Gasteiger partial charge is 0.229 e. The van der Waals surface area contributed by atoms with Gasteiger partial charge in [0.2, 0.25) is 5.91 Å². The molecule has 1 saturated carbocycles. The number of carbonyl (C=O) groups is 1. The Kier molecular flexibility index (Phi) is 2.65. The van der Waals surface area contributed by atoms with Gasteiger partial charge >= 0.3 is 0 Å². The normalized spacial score (nSPS) is 22.1. The Balaban J connectivity index is 1.63. The molecule has 1 amide bonds. The number of anilines is 1. The van der Waals surface area contributed by atoms with Gasteiger partial charge in [-0.25, -0.2) is 4.98 Å². The van der Waals surface area contributed by atoms with Crippen molar-refractivity contribution in [2.24, 2.45) is 5.92 Å². The maximum Gasteiger partial charge on any atom is 0.229 e. The van der Waals surface area contributed by atoms with E-state index >= 15 is 0 Å². The molecule has 0 saturated heterocycles. The molecule has 0 bridgehead atoms. The first-order chi connectivity index (χ1) is 8.34. The average Bonchev–Trinajstić information content (AvgIpc) is 3.02. The topological polar surface area (TPSA) is 42.0 Å². The van der Waals surface area contributed by atoms with Crippen LogP contribution in [0.1, 0.15) is 17.9 Å². The van der Waals surface area contributed by atoms with Crippen LogP contribution in [0.15, 0.2) is 41.9 Å². The number of hydrogen-bond acceptors (Lipinski definition) is 3. The quantitative estimate of drug-likeness (QED) is 0.902. The molecular weight excluding hydrogens is 232 g/mol. The second kappa shape index (κ2) is 4.30. The molecule has 0 aliphatic heterocycles. The number of nitrogens with zero attached hydrogens (tertiary/aromatic N) is 1. The molecule has 0 spiro atoms. The van der Waals surface area contributed by atoms with Crippen LogP contribution < -0.4 is 5.32 Å². The minimum absolute atomic E-state index is 0.0915. The van der Waals surface area contributed by atoms with Crippen LogP contribution in [0.3, 0.4) is 0 Å². The van der Waals surface area contributed by atoms with Crippen LogP contribution in [0, 0.1) is 5.92 Å². The van der Waals surface area contributed by atoms with Gasteiger partial charge in [-0.1, -0.05) is 30.3 Å². The van der Waals surface area contributed by atoms with E-state index in [9.17, 15) is 4.79 Å². The van der Waals surface area contributed by atoms with E-state index in [4.69, 9.17) is 0 Å². The van der Waals surface area contributed by atoms with Crippen LogP contribution in [0.5, 0.6) is 0 Å². The van der Waals surface area contributed by atoms with Crippen molar-refractivity contribution in [1.82, 2.24) is 4.98 Å². The lowest BCUT2D eigenvalue weighted by molar-refractivity contribution is -0.117. The van der Waals surface area contributed by atoms with Crippen molar-refractivity contribution in [1.29, 1.82) is 0 Å². The van der Waals surface area contributed by atoms with Gasteiger partial charge in [0.15, 0.2) is 5.13 Å². The molecule has 4 heteroatoms. The molecule has 3 nitrogen and oxygen atoms in total. The third-order valence-electron chi connectivity index (χ3n) is 3.02. The van der Waals surface area contributed by atoms with Crippen LogP contribution in [0.25, 0.3) is 0 Å². The molecule has 2 unspecified atom stereocenters. The van der Waals surface area contributed by atoms with Crippen LogP contribution in [0.2, 0.25) is 0 Å². The first-order valence-corrected chi connectivity index (χ1v) is 6.48. The molecule has 1 heterocycles. The highest BCUT2D eigenvalue weighted by molar-refractivity contribution is 7.13. The van der Waals surface area contributed by atoms with Crippen molar-refractivity contribution in [3.05, 3.63) is 47.5 Å². The summed E-state index contributed by atoms with van der Waals surface area (Å²) in [6.45, 7) is 0. The number of nitrogens with one attached hydrogen (secondary N) is 1. The second-order valence-corrected chi connectivity index (χ2v) is 5.08. The summed E-state index contributed by atoms with van der Waals surface area (Å²) in [6, 6.07) is 10.2. The summed E-state index contributed by atoms with van der Waals surface area (Å²) in [4.78, 5) is 16.0. The van der Waals surface area contributed by atoms with E-state index in [1.54, 1.807) is 6.20 Å². The second-order valence-electron chi connectivity index (χ2n) is 4.19. The third-order valence-corrected chi connectivity index (χ3v) is 3.71. The van der Waals surface area contributed by atoms with Crippen molar-refractivity contribution in [2.45, 2.75) is 12.3 Å². The summed E-state index contributed by atoms with van der Waals surface area (Å²) < 4.78 is 0. The minimum atomic E-state index is 0.0915. The number of aromatic nitrogens is 1. The fourth-order valence-electron chi connectivity index (χ4n) is 2.04. The van der Waals surface area contributed by atoms with E-state index in [0.29, 0.717) is 11.0 Å². The largest absolute Gasteiger partial charge is 0.302 e. The van der Waals surface area contributed by atoms with Gasteiger partial charge in [-0.05, 0) is 17.9 Å². The molecule has 0 radical (unpaired) electrons. The Labute approximate surface area is 104 Å². The molecule has 17 heavy (non-hydrogen) atoms. The SMILES string of the molecule is O=C(Nc1nccs1)C1CC1c1ccccc1. The molecular formula is C13H12N2OS. The fraction of sp³-hybridized carbons (Fsp3) is 0.231. The third kappa shape index (κ3) is 2.22. The van der Waals surface area contributed by atoms with Gasteiger partial charge in [-0.3, -0.25) is 4.79 Å². The predicted molar refractivity (Wildman–Crippen MR) is 68.0 cm³/mol. The molecule has 1 aliphatic carbocycles. The zero-order valence-electron chi connectivity index (χ0n) is 9.17. The van der Waals surface area contributed by atoms with Crippen molar-refractivity contribution in [3.8, 4) is 0 Å². The maximum absolute atomic E-state index is 11.9. The van der Waals surface area contributed by atoms with E-state index in [0.717, 1.165) is 6.42 Å². The summed E-state index contributed by atoms with van der Waals surface area (Å²) in [5.41, 5.74) is 1.26. The lowest BCUT2D eigenvalue weighted by Gasteiger charge is -2.01. The molecule has 2 aromatic rings. The van der Waals surface area contributed by atoms with E-state index in [1.807, 2.05) is 23.6 Å². The number of rotatable bonds is 3. The number of thiazole rings is 1. The first-order valence-electron chi connectivity index (χ1n) is 5.60. The number of carbonyl (C=O) groups excluding carboxylic acids is 1. The number of amides is 1. The molecule has 3 rings (SSSR count). The summed E-state index contributed by atoms with van der Waals surface area (Å²) >= 11 is 1.45. The van der Waals surface area contributed by atoms with Crippen molar-refractivity contribution in [2.75, 3.05) is 5.32 Å². The van der Waals surface area contributed by atoms with Gasteiger partial charge in [-0.15, -0.1) is 11.3 Å². The Bertz CT molecular complexity index is 509. The van der Waals surface area contributed by atoms with Crippen LogP contribution in [-0.2, 0) is 4.79 Å². The van der Waals surface area contributed by atoms with Crippen molar-refractivity contribution >= 4 is 22.4 Å². The molecule has 86 valence electrons. The van der Waals surface area contributed by atoms with Gasteiger partial charge < -0.3 is 5.32 Å². The lowest BCUT2D eigenvalue weighted by atomic mass is 10.1. The number of benzene rings is 1. The van der Waals surface area contributed by atoms with Gasteiger partial charge in [0.1, 0.15) is 0 Å². The Morgan fingerprint density at radius 2 is 2.18 bits per heavy atom. The van der Waals surface area contributed by atoms with Gasteiger partial charge in [-0.2, -0.15) is 0 Å². The molecule has 1 aliphatic rings. The highest BCUT2D eigenvalue weighted by Crippen LogP contribution is 2.47. The summed E-state index contributed by atoms with van der Waals surface area (Å²) in [5.74, 6) is 0.589. The first kappa shape index (κ1) is 10.5. The molecule has 1 aromatic carbocycles. The Morgan fingerprint density at radius 3 is 2.88 bits per heavy atom. The summed E-state index contributed by atoms with van der Waals surface area (Å²) in [5, 5.41) is 5.40. The maximum atomic E-state index is 11.9. The Morgan fingerprint density at radius 1 is 1.35 bits per heavy atom. The molecule has 1 fully saturated rings. The van der Waals surface area contributed by atoms with Gasteiger partial charge in [0, 0.05) is 17.5 Å². The van der Waals surface area contributed by atoms with E-state index in [1.165, 1.54) is 16.9 Å². The molecule has 1 N–H and O–H groups in total. The van der Waals surface area contributed by atoms with E-state index in [-0.39, 0.29) is 11.8 Å². The Hall–Kier alpha value is -1.68. The van der Waals surface area contributed by atoms with Crippen LogP contribution in [0.4, 0.5) is 5.13 Å². The molecule has 2 atom stereocenters. The van der Waals surface area contributed by atoms with E-state index in [2.05, 4.69) is 22.4 Å². The van der Waals surface area contributed by atoms with Gasteiger partial charge in [0.05, 0.1) is 0 Å². The highest BCUT2D eigenvalue weighted by atomic mass is 32.1. The highest BCUT2D eigenvalue weighted by Gasteiger charge is 2.43. The predicted octanol–water partition coefficient (Wildman–Crippen LogP) is 2.89. The molecule has 1 aromatic heterocycles.